The van der Waals surface area contributed by atoms with Crippen LogP contribution in [-0.4, -0.2) is 10.2 Å². The van der Waals surface area contributed by atoms with Crippen LogP contribution in [0, 0.1) is 5.82 Å². The molecule has 1 heterocycles. The van der Waals surface area contributed by atoms with Crippen molar-refractivity contribution in [2.24, 2.45) is 0 Å². The number of hydrogen-bond donors (Lipinski definition) is 0. The van der Waals surface area contributed by atoms with Crippen molar-refractivity contribution in [2.75, 3.05) is 0 Å². The van der Waals surface area contributed by atoms with Crippen molar-refractivity contribution in [3.63, 3.8) is 0 Å². The molecule has 0 amide bonds. The van der Waals surface area contributed by atoms with E-state index in [1.165, 1.54) is 12.1 Å². The Bertz CT molecular complexity index is 567. The summed E-state index contributed by atoms with van der Waals surface area (Å²) in [5, 5.41) is 6.40. The fourth-order valence-electron chi connectivity index (χ4n) is 1.24. The Morgan fingerprint density at radius 3 is 2.44 bits per heavy atom. The van der Waals surface area contributed by atoms with Crippen LogP contribution in [0.4, 0.5) is 17.6 Å². The summed E-state index contributed by atoms with van der Waals surface area (Å²) in [6.45, 7) is 0. The van der Waals surface area contributed by atoms with Gasteiger partial charge in [0, 0.05) is 10.9 Å². The standard InChI is InChI=1S/C10H5BrF4N2O/c11-4-6-2-1-5(3-7(6)12)8-16-17-9(18-8)10(13,14)15/h1-3H,4H2. The van der Waals surface area contributed by atoms with Crippen molar-refractivity contribution >= 4 is 15.9 Å². The van der Waals surface area contributed by atoms with Gasteiger partial charge in [-0.15, -0.1) is 10.2 Å². The number of nitrogens with zero attached hydrogens (tertiary/aromatic N) is 2. The van der Waals surface area contributed by atoms with Crippen LogP contribution in [-0.2, 0) is 11.5 Å². The molecule has 8 heteroatoms. The first kappa shape index (κ1) is 13.0. The summed E-state index contributed by atoms with van der Waals surface area (Å²) in [5.74, 6) is -2.39. The lowest BCUT2D eigenvalue weighted by atomic mass is 10.1. The summed E-state index contributed by atoms with van der Waals surface area (Å²) in [6, 6.07) is 3.88. The molecule has 0 N–H and O–H groups in total. The smallest absolute Gasteiger partial charge is 0.413 e. The van der Waals surface area contributed by atoms with Crippen LogP contribution in [0.15, 0.2) is 22.6 Å². The van der Waals surface area contributed by atoms with Gasteiger partial charge >= 0.3 is 12.1 Å². The second-order valence-corrected chi connectivity index (χ2v) is 3.91. The lowest BCUT2D eigenvalue weighted by Gasteiger charge is -2.00. The molecular formula is C10H5BrF4N2O. The Hall–Kier alpha value is -1.44. The lowest BCUT2D eigenvalue weighted by molar-refractivity contribution is -0.156. The summed E-state index contributed by atoms with van der Waals surface area (Å²) in [6.07, 6.45) is -4.71. The molecule has 0 atom stereocenters. The van der Waals surface area contributed by atoms with E-state index in [0.29, 0.717) is 10.9 Å². The molecule has 0 fully saturated rings. The Labute approximate surface area is 107 Å². The zero-order chi connectivity index (χ0) is 13.3. The molecule has 2 rings (SSSR count). The van der Waals surface area contributed by atoms with E-state index in [1.54, 1.807) is 0 Å². The van der Waals surface area contributed by atoms with Gasteiger partial charge in [0.15, 0.2) is 0 Å². The van der Waals surface area contributed by atoms with E-state index in [-0.39, 0.29) is 11.5 Å². The van der Waals surface area contributed by atoms with Crippen LogP contribution in [0.3, 0.4) is 0 Å². The average molecular weight is 325 g/mol. The molecule has 0 saturated carbocycles. The molecule has 0 bridgehead atoms. The molecule has 1 aromatic heterocycles. The molecule has 0 saturated heterocycles. The Morgan fingerprint density at radius 2 is 1.94 bits per heavy atom. The first-order chi connectivity index (χ1) is 8.41. The quantitative estimate of drug-likeness (QED) is 0.623. The molecular weight excluding hydrogens is 320 g/mol. The van der Waals surface area contributed by atoms with Crippen molar-refractivity contribution in [2.45, 2.75) is 11.5 Å². The van der Waals surface area contributed by atoms with Crippen molar-refractivity contribution in [3.8, 4) is 11.5 Å². The van der Waals surface area contributed by atoms with Crippen molar-refractivity contribution < 1.29 is 22.0 Å². The largest absolute Gasteiger partial charge is 0.470 e. The minimum atomic E-state index is -4.71. The van der Waals surface area contributed by atoms with Gasteiger partial charge in [0.2, 0.25) is 5.89 Å². The average Bonchev–Trinajstić information content (AvgIpc) is 2.77. The van der Waals surface area contributed by atoms with E-state index in [2.05, 4.69) is 30.5 Å². The molecule has 0 aliphatic carbocycles. The summed E-state index contributed by atoms with van der Waals surface area (Å²) in [7, 11) is 0. The fourth-order valence-corrected chi connectivity index (χ4v) is 1.70. The van der Waals surface area contributed by atoms with Gasteiger partial charge in [0.25, 0.3) is 0 Å². The van der Waals surface area contributed by atoms with Gasteiger partial charge in [-0.2, -0.15) is 13.2 Å². The zero-order valence-corrected chi connectivity index (χ0v) is 10.2. The van der Waals surface area contributed by atoms with Crippen LogP contribution in [0.2, 0.25) is 0 Å². The van der Waals surface area contributed by atoms with Gasteiger partial charge in [-0.25, -0.2) is 4.39 Å². The van der Waals surface area contributed by atoms with Gasteiger partial charge in [-0.3, -0.25) is 0 Å². The van der Waals surface area contributed by atoms with Crippen LogP contribution in [0.5, 0.6) is 0 Å². The van der Waals surface area contributed by atoms with Crippen LogP contribution >= 0.6 is 15.9 Å². The molecule has 18 heavy (non-hydrogen) atoms. The van der Waals surface area contributed by atoms with E-state index >= 15 is 0 Å². The molecule has 0 aliphatic heterocycles. The predicted molar refractivity (Wildman–Crippen MR) is 57.3 cm³/mol. The maximum atomic E-state index is 13.4. The molecule has 96 valence electrons. The van der Waals surface area contributed by atoms with Crippen LogP contribution in [0.1, 0.15) is 11.5 Å². The topological polar surface area (TPSA) is 38.9 Å². The number of alkyl halides is 4. The Balaban J connectivity index is 2.38. The Kier molecular flexibility index (Phi) is 3.38. The molecule has 0 unspecified atom stereocenters. The normalized spacial score (nSPS) is 11.8. The first-order valence-corrected chi connectivity index (χ1v) is 5.79. The third kappa shape index (κ3) is 2.53. The van der Waals surface area contributed by atoms with E-state index in [0.717, 1.165) is 6.07 Å². The third-order valence-corrected chi connectivity index (χ3v) is 2.72. The third-order valence-electron chi connectivity index (χ3n) is 2.11. The maximum absolute atomic E-state index is 13.4. The number of halogens is 5. The molecule has 0 aliphatic rings. The maximum Gasteiger partial charge on any atom is 0.470 e. The Morgan fingerprint density at radius 1 is 1.22 bits per heavy atom. The van der Waals surface area contributed by atoms with Gasteiger partial charge < -0.3 is 4.42 Å². The van der Waals surface area contributed by atoms with Crippen molar-refractivity contribution in [1.82, 2.24) is 10.2 Å². The molecule has 2 aromatic rings. The van der Waals surface area contributed by atoms with E-state index in [4.69, 9.17) is 0 Å². The second-order valence-electron chi connectivity index (χ2n) is 3.35. The fraction of sp³-hybridized carbons (Fsp3) is 0.200. The number of aromatic nitrogens is 2. The SMILES string of the molecule is Fc1cc(-c2nnc(C(F)(F)F)o2)ccc1CBr. The number of hydrogen-bond acceptors (Lipinski definition) is 3. The second kappa shape index (κ2) is 4.68. The van der Waals surface area contributed by atoms with Crippen molar-refractivity contribution in [1.29, 1.82) is 0 Å². The minimum Gasteiger partial charge on any atom is -0.413 e. The molecule has 3 nitrogen and oxygen atoms in total. The van der Waals surface area contributed by atoms with Crippen LogP contribution in [0.25, 0.3) is 11.5 Å². The van der Waals surface area contributed by atoms with Gasteiger partial charge in [-0.05, 0) is 17.7 Å². The summed E-state index contributed by atoms with van der Waals surface area (Å²) < 4.78 is 54.6. The monoisotopic (exact) mass is 324 g/mol. The highest BCUT2D eigenvalue weighted by Gasteiger charge is 2.38. The van der Waals surface area contributed by atoms with Gasteiger partial charge in [-0.1, -0.05) is 22.0 Å². The first-order valence-electron chi connectivity index (χ1n) is 4.67. The molecule has 0 spiro atoms. The lowest BCUT2D eigenvalue weighted by Crippen LogP contribution is -2.04. The number of rotatable bonds is 2. The predicted octanol–water partition coefficient (Wildman–Crippen LogP) is 3.79. The van der Waals surface area contributed by atoms with E-state index in [9.17, 15) is 17.6 Å². The van der Waals surface area contributed by atoms with Gasteiger partial charge in [0.1, 0.15) is 5.82 Å². The summed E-state index contributed by atoms with van der Waals surface area (Å²) >= 11 is 3.08. The number of benzene rings is 1. The zero-order valence-electron chi connectivity index (χ0n) is 8.63. The van der Waals surface area contributed by atoms with E-state index < -0.39 is 17.9 Å². The highest BCUT2D eigenvalue weighted by molar-refractivity contribution is 9.08. The molecule has 1 aromatic carbocycles. The van der Waals surface area contributed by atoms with Gasteiger partial charge in [0.05, 0.1) is 0 Å². The van der Waals surface area contributed by atoms with Crippen molar-refractivity contribution in [3.05, 3.63) is 35.5 Å². The highest BCUT2D eigenvalue weighted by atomic mass is 79.9. The highest BCUT2D eigenvalue weighted by Crippen LogP contribution is 2.30. The summed E-state index contributed by atoms with van der Waals surface area (Å²) in [4.78, 5) is 0. The summed E-state index contributed by atoms with van der Waals surface area (Å²) in [5.41, 5.74) is 0.481. The minimum absolute atomic E-state index is 0.0974. The molecule has 0 radical (unpaired) electrons. The van der Waals surface area contributed by atoms with E-state index in [1.807, 2.05) is 0 Å². The van der Waals surface area contributed by atoms with Crippen LogP contribution < -0.4 is 0 Å².